The largest absolute Gasteiger partial charge is 0.476 e. The van der Waals surface area contributed by atoms with E-state index >= 15 is 0 Å². The second-order valence-electron chi connectivity index (χ2n) is 2.97. The lowest BCUT2D eigenvalue weighted by atomic mass is 10.3. The summed E-state index contributed by atoms with van der Waals surface area (Å²) < 4.78 is 0. The number of carboxylic acids is 1. The molecule has 0 radical (unpaired) electrons. The number of hydrogen-bond donors (Lipinski definition) is 1. The zero-order valence-corrected chi connectivity index (χ0v) is 8.78. The van der Waals surface area contributed by atoms with Gasteiger partial charge < -0.3 is 5.11 Å². The molecule has 2 aromatic heterocycles. The van der Waals surface area contributed by atoms with Gasteiger partial charge in [-0.05, 0) is 18.4 Å². The number of aromatic nitrogens is 2. The van der Waals surface area contributed by atoms with Gasteiger partial charge >= 0.3 is 5.97 Å². The van der Waals surface area contributed by atoms with E-state index in [2.05, 4.69) is 9.97 Å². The molecular formula is C10H8N2O2S. The maximum Gasteiger partial charge on any atom is 0.356 e. The van der Waals surface area contributed by atoms with Gasteiger partial charge in [0.1, 0.15) is 0 Å². The molecule has 0 aliphatic carbocycles. The first kappa shape index (κ1) is 9.79. The minimum absolute atomic E-state index is 0.0147. The van der Waals surface area contributed by atoms with E-state index in [4.69, 9.17) is 5.11 Å². The van der Waals surface area contributed by atoms with Crippen LogP contribution in [-0.2, 0) is 0 Å². The van der Waals surface area contributed by atoms with E-state index in [1.807, 2.05) is 17.5 Å². The van der Waals surface area contributed by atoms with Crippen LogP contribution in [-0.4, -0.2) is 21.0 Å². The van der Waals surface area contributed by atoms with E-state index in [9.17, 15) is 4.79 Å². The van der Waals surface area contributed by atoms with Gasteiger partial charge in [-0.2, -0.15) is 0 Å². The lowest BCUT2D eigenvalue weighted by Gasteiger charge is -2.01. The lowest BCUT2D eigenvalue weighted by molar-refractivity contribution is 0.0689. The van der Waals surface area contributed by atoms with Crippen molar-refractivity contribution in [3.05, 3.63) is 35.1 Å². The van der Waals surface area contributed by atoms with E-state index in [1.54, 1.807) is 13.1 Å². The van der Waals surface area contributed by atoms with Gasteiger partial charge in [0.15, 0.2) is 5.69 Å². The van der Waals surface area contributed by atoms with Crippen LogP contribution in [0.1, 0.15) is 16.2 Å². The summed E-state index contributed by atoms with van der Waals surface area (Å²) in [4.78, 5) is 19.8. The van der Waals surface area contributed by atoms with Gasteiger partial charge in [-0.3, -0.25) is 4.98 Å². The number of aryl methyl sites for hydroxylation is 1. The third-order valence-electron chi connectivity index (χ3n) is 1.93. The number of hydrogen-bond acceptors (Lipinski definition) is 4. The van der Waals surface area contributed by atoms with Crippen LogP contribution in [0.25, 0.3) is 10.6 Å². The summed E-state index contributed by atoms with van der Waals surface area (Å²) in [7, 11) is 0. The fraction of sp³-hybridized carbons (Fsp3) is 0.100. The Labute approximate surface area is 90.3 Å². The van der Waals surface area contributed by atoms with Crippen molar-refractivity contribution in [3.8, 4) is 10.6 Å². The highest BCUT2D eigenvalue weighted by molar-refractivity contribution is 7.13. The zero-order chi connectivity index (χ0) is 10.8. The highest BCUT2D eigenvalue weighted by Crippen LogP contribution is 2.22. The fourth-order valence-electron chi connectivity index (χ4n) is 1.19. The van der Waals surface area contributed by atoms with Crippen LogP contribution in [0.5, 0.6) is 0 Å². The number of rotatable bonds is 2. The summed E-state index contributed by atoms with van der Waals surface area (Å²) in [5, 5.41) is 10.8. The Morgan fingerprint density at radius 1 is 1.53 bits per heavy atom. The van der Waals surface area contributed by atoms with E-state index in [-0.39, 0.29) is 5.69 Å². The van der Waals surface area contributed by atoms with Gasteiger partial charge in [0, 0.05) is 0 Å². The number of aromatic carboxylic acids is 1. The monoisotopic (exact) mass is 220 g/mol. The minimum atomic E-state index is -1.04. The maximum absolute atomic E-state index is 10.8. The Hall–Kier alpha value is -1.75. The van der Waals surface area contributed by atoms with Crippen LogP contribution in [0.4, 0.5) is 0 Å². The van der Waals surface area contributed by atoms with Crippen molar-refractivity contribution < 1.29 is 9.90 Å². The average molecular weight is 220 g/mol. The van der Waals surface area contributed by atoms with Gasteiger partial charge in [0.25, 0.3) is 0 Å². The van der Waals surface area contributed by atoms with Crippen molar-refractivity contribution in [1.29, 1.82) is 0 Å². The number of carbonyl (C=O) groups is 1. The van der Waals surface area contributed by atoms with Gasteiger partial charge in [-0.15, -0.1) is 11.3 Å². The molecule has 2 heterocycles. The highest BCUT2D eigenvalue weighted by Gasteiger charge is 2.12. The van der Waals surface area contributed by atoms with Crippen LogP contribution in [0.2, 0.25) is 0 Å². The van der Waals surface area contributed by atoms with E-state index < -0.39 is 5.97 Å². The van der Waals surface area contributed by atoms with Crippen molar-refractivity contribution in [2.75, 3.05) is 0 Å². The standard InChI is InChI=1S/C10H8N2O2S/c1-6-9(10(13)14)12-7(5-11-6)8-3-2-4-15-8/h2-5H,1H3,(H,13,14). The zero-order valence-electron chi connectivity index (χ0n) is 7.97. The smallest absolute Gasteiger partial charge is 0.356 e. The van der Waals surface area contributed by atoms with Crippen LogP contribution in [0.15, 0.2) is 23.7 Å². The van der Waals surface area contributed by atoms with Gasteiger partial charge in [0.05, 0.1) is 22.5 Å². The SMILES string of the molecule is Cc1ncc(-c2cccs2)nc1C(=O)O. The van der Waals surface area contributed by atoms with Crippen molar-refractivity contribution in [3.63, 3.8) is 0 Å². The van der Waals surface area contributed by atoms with Crippen molar-refractivity contribution in [2.24, 2.45) is 0 Å². The molecule has 4 nitrogen and oxygen atoms in total. The maximum atomic E-state index is 10.8. The lowest BCUT2D eigenvalue weighted by Crippen LogP contribution is -2.05. The third kappa shape index (κ3) is 1.87. The summed E-state index contributed by atoms with van der Waals surface area (Å²) >= 11 is 1.51. The molecule has 0 bridgehead atoms. The summed E-state index contributed by atoms with van der Waals surface area (Å²) in [6.07, 6.45) is 1.59. The average Bonchev–Trinajstić information content (AvgIpc) is 2.71. The molecule has 0 spiro atoms. The molecule has 0 saturated heterocycles. The Morgan fingerprint density at radius 2 is 2.33 bits per heavy atom. The van der Waals surface area contributed by atoms with Crippen molar-refractivity contribution >= 4 is 17.3 Å². The topological polar surface area (TPSA) is 63.1 Å². The minimum Gasteiger partial charge on any atom is -0.476 e. The number of nitrogens with zero attached hydrogens (tertiary/aromatic N) is 2. The predicted octanol–water partition coefficient (Wildman–Crippen LogP) is 2.21. The van der Waals surface area contributed by atoms with Gasteiger partial charge in [-0.1, -0.05) is 6.07 Å². The fourth-order valence-corrected chi connectivity index (χ4v) is 1.87. The summed E-state index contributed by atoms with van der Waals surface area (Å²) in [6.45, 7) is 1.63. The Bertz CT molecular complexity index is 494. The van der Waals surface area contributed by atoms with Crippen molar-refractivity contribution in [2.45, 2.75) is 6.92 Å². The first-order chi connectivity index (χ1) is 7.18. The summed E-state index contributed by atoms with van der Waals surface area (Å²) in [5.74, 6) is -1.04. The van der Waals surface area contributed by atoms with Gasteiger partial charge in [-0.25, -0.2) is 9.78 Å². The molecule has 0 saturated carbocycles. The molecule has 0 amide bonds. The molecule has 0 fully saturated rings. The summed E-state index contributed by atoms with van der Waals surface area (Å²) in [6, 6.07) is 3.78. The van der Waals surface area contributed by atoms with Crippen LogP contribution in [0.3, 0.4) is 0 Å². The van der Waals surface area contributed by atoms with Crippen molar-refractivity contribution in [1.82, 2.24) is 9.97 Å². The predicted molar refractivity (Wildman–Crippen MR) is 57.0 cm³/mol. The molecule has 0 aliphatic rings. The van der Waals surface area contributed by atoms with E-state index in [1.165, 1.54) is 11.3 Å². The first-order valence-corrected chi connectivity index (χ1v) is 5.17. The molecule has 0 unspecified atom stereocenters. The van der Waals surface area contributed by atoms with E-state index in [0.29, 0.717) is 11.4 Å². The number of thiophene rings is 1. The summed E-state index contributed by atoms with van der Waals surface area (Å²) in [5.41, 5.74) is 1.05. The molecule has 0 aliphatic heterocycles. The molecule has 0 atom stereocenters. The van der Waals surface area contributed by atoms with Gasteiger partial charge in [0.2, 0.25) is 0 Å². The molecule has 5 heteroatoms. The highest BCUT2D eigenvalue weighted by atomic mass is 32.1. The number of carboxylic acid groups (broad SMARTS) is 1. The van der Waals surface area contributed by atoms with Crippen LogP contribution < -0.4 is 0 Å². The first-order valence-electron chi connectivity index (χ1n) is 4.29. The van der Waals surface area contributed by atoms with Crippen LogP contribution in [0, 0.1) is 6.92 Å². The Morgan fingerprint density at radius 3 is 2.93 bits per heavy atom. The Balaban J connectivity index is 2.52. The molecular weight excluding hydrogens is 212 g/mol. The molecule has 76 valence electrons. The molecule has 1 N–H and O–H groups in total. The molecule has 0 aromatic carbocycles. The van der Waals surface area contributed by atoms with E-state index in [0.717, 1.165) is 4.88 Å². The normalized spacial score (nSPS) is 10.2. The quantitative estimate of drug-likeness (QED) is 0.842. The molecule has 2 aromatic rings. The Kier molecular flexibility index (Phi) is 2.47. The van der Waals surface area contributed by atoms with Crippen LogP contribution >= 0.6 is 11.3 Å². The molecule has 15 heavy (non-hydrogen) atoms. The third-order valence-corrected chi connectivity index (χ3v) is 2.82. The molecule has 2 rings (SSSR count). The second-order valence-corrected chi connectivity index (χ2v) is 3.92. The second kappa shape index (κ2) is 3.78.